The van der Waals surface area contributed by atoms with Gasteiger partial charge in [0.2, 0.25) is 0 Å². The lowest BCUT2D eigenvalue weighted by molar-refractivity contribution is -0.391. The van der Waals surface area contributed by atoms with Crippen molar-refractivity contribution in [2.24, 2.45) is 18.7 Å². The van der Waals surface area contributed by atoms with Crippen molar-refractivity contribution >= 4 is 24.1 Å². The van der Waals surface area contributed by atoms with E-state index in [0.717, 1.165) is 12.8 Å². The van der Waals surface area contributed by atoms with E-state index in [1.807, 2.05) is 0 Å². The molecule has 0 bridgehead atoms. The maximum absolute atomic E-state index is 12.4. The number of carbonyl (C=O) groups is 1. The van der Waals surface area contributed by atoms with Crippen LogP contribution in [0.1, 0.15) is 23.3 Å². The summed E-state index contributed by atoms with van der Waals surface area (Å²) in [5.74, 6) is 0.0949. The molecule has 0 aliphatic carbocycles. The average Bonchev–Trinajstić information content (AvgIpc) is 2.80. The first kappa shape index (κ1) is 16.5. The van der Waals surface area contributed by atoms with Crippen LogP contribution in [0.2, 0.25) is 0 Å². The Morgan fingerprint density at radius 3 is 2.80 bits per heavy atom. The summed E-state index contributed by atoms with van der Waals surface area (Å²) in [5, 5.41) is 10.8. The highest BCUT2D eigenvalue weighted by atomic mass is 35.5. The second-order valence-electron chi connectivity index (χ2n) is 4.89. The Morgan fingerprint density at radius 1 is 1.55 bits per heavy atom. The minimum Gasteiger partial charge on any atom is -0.358 e. The molecule has 1 unspecified atom stereocenters. The molecule has 20 heavy (non-hydrogen) atoms. The number of halogens is 1. The van der Waals surface area contributed by atoms with Crippen molar-refractivity contribution in [1.82, 2.24) is 9.47 Å². The quantitative estimate of drug-likeness (QED) is 0.669. The van der Waals surface area contributed by atoms with Gasteiger partial charge in [-0.1, -0.05) is 0 Å². The molecule has 2 rings (SSSR count). The summed E-state index contributed by atoms with van der Waals surface area (Å²) in [7, 11) is 1.54. The van der Waals surface area contributed by atoms with Crippen LogP contribution in [0, 0.1) is 16.0 Å². The van der Waals surface area contributed by atoms with Crippen LogP contribution >= 0.6 is 12.4 Å². The summed E-state index contributed by atoms with van der Waals surface area (Å²) in [6.45, 7) is 1.89. The van der Waals surface area contributed by atoms with Crippen LogP contribution in [-0.2, 0) is 7.05 Å². The Balaban J connectivity index is 0.00000200. The fourth-order valence-electron chi connectivity index (χ4n) is 2.50. The largest absolute Gasteiger partial charge is 0.358 e. The molecule has 1 aromatic heterocycles. The van der Waals surface area contributed by atoms with E-state index in [1.54, 1.807) is 4.90 Å². The number of nitrogens with two attached hydrogens (primary N) is 1. The Morgan fingerprint density at radius 2 is 2.25 bits per heavy atom. The molecule has 2 heterocycles. The molecular formula is C12H19ClN4O3. The standard InChI is InChI=1S/C12H18N4O3.ClH/c1-14-10(4-5-11(14)16(18)19)12(17)15-6-2-3-9(7-13)8-15;/h4-5,9H,2-3,6-8,13H2,1H3;1H. The first-order chi connectivity index (χ1) is 9.04. The van der Waals surface area contributed by atoms with Crippen molar-refractivity contribution in [3.05, 3.63) is 27.9 Å². The Labute approximate surface area is 123 Å². The normalized spacial score (nSPS) is 18.5. The van der Waals surface area contributed by atoms with Gasteiger partial charge in [0.05, 0.1) is 7.05 Å². The second-order valence-corrected chi connectivity index (χ2v) is 4.89. The minimum absolute atomic E-state index is 0. The van der Waals surface area contributed by atoms with E-state index in [9.17, 15) is 14.9 Å². The fourth-order valence-corrected chi connectivity index (χ4v) is 2.50. The lowest BCUT2D eigenvalue weighted by Gasteiger charge is -2.31. The highest BCUT2D eigenvalue weighted by Gasteiger charge is 2.28. The molecular weight excluding hydrogens is 284 g/mol. The zero-order chi connectivity index (χ0) is 14.0. The van der Waals surface area contributed by atoms with Crippen molar-refractivity contribution in [2.75, 3.05) is 19.6 Å². The van der Waals surface area contributed by atoms with Gasteiger partial charge < -0.3 is 20.7 Å². The zero-order valence-electron chi connectivity index (χ0n) is 11.3. The minimum atomic E-state index is -0.490. The van der Waals surface area contributed by atoms with Crippen molar-refractivity contribution in [1.29, 1.82) is 0 Å². The van der Waals surface area contributed by atoms with Crippen LogP contribution in [-0.4, -0.2) is 39.9 Å². The Kier molecular flexibility index (Phi) is 5.52. The highest BCUT2D eigenvalue weighted by Crippen LogP contribution is 2.20. The summed E-state index contributed by atoms with van der Waals surface area (Å²) in [4.78, 5) is 24.4. The number of nitro groups is 1. The topological polar surface area (TPSA) is 94.4 Å². The maximum Gasteiger partial charge on any atom is 0.323 e. The number of hydrogen-bond donors (Lipinski definition) is 1. The maximum atomic E-state index is 12.4. The van der Waals surface area contributed by atoms with Gasteiger partial charge >= 0.3 is 5.82 Å². The van der Waals surface area contributed by atoms with E-state index in [2.05, 4.69) is 0 Å². The molecule has 1 saturated heterocycles. The van der Waals surface area contributed by atoms with Crippen LogP contribution in [0.15, 0.2) is 12.1 Å². The van der Waals surface area contributed by atoms with Crippen molar-refractivity contribution < 1.29 is 9.72 Å². The number of carbonyl (C=O) groups excluding carboxylic acids is 1. The summed E-state index contributed by atoms with van der Waals surface area (Å²) in [6, 6.07) is 2.87. The third kappa shape index (κ3) is 3.10. The number of likely N-dealkylation sites (tertiary alicyclic amines) is 1. The van der Waals surface area contributed by atoms with Gasteiger partial charge in [-0.3, -0.25) is 4.79 Å². The molecule has 7 nitrogen and oxygen atoms in total. The van der Waals surface area contributed by atoms with E-state index in [-0.39, 0.29) is 24.1 Å². The van der Waals surface area contributed by atoms with Gasteiger partial charge in [0.25, 0.3) is 5.91 Å². The molecule has 1 aromatic rings. The Hall–Kier alpha value is -1.60. The van der Waals surface area contributed by atoms with Crippen molar-refractivity contribution in [3.8, 4) is 0 Å². The summed E-state index contributed by atoms with van der Waals surface area (Å²) < 4.78 is 1.33. The number of piperidine rings is 1. The predicted molar refractivity (Wildman–Crippen MR) is 77.0 cm³/mol. The van der Waals surface area contributed by atoms with E-state index < -0.39 is 4.92 Å². The fraction of sp³-hybridized carbons (Fsp3) is 0.583. The molecule has 1 aliphatic heterocycles. The Bertz CT molecular complexity index is 503. The number of amides is 1. The van der Waals surface area contributed by atoms with Crippen molar-refractivity contribution in [3.63, 3.8) is 0 Å². The third-order valence-corrected chi connectivity index (χ3v) is 3.64. The van der Waals surface area contributed by atoms with E-state index in [4.69, 9.17) is 5.73 Å². The van der Waals surface area contributed by atoms with Gasteiger partial charge in [0.1, 0.15) is 0 Å². The lowest BCUT2D eigenvalue weighted by atomic mass is 9.98. The van der Waals surface area contributed by atoms with Crippen LogP contribution < -0.4 is 5.73 Å². The molecule has 1 fully saturated rings. The SMILES string of the molecule is Cl.Cn1c(C(=O)N2CCCC(CN)C2)ccc1[N+](=O)[O-]. The molecule has 1 aliphatic rings. The molecule has 0 saturated carbocycles. The predicted octanol–water partition coefficient (Wildman–Crippen LogP) is 1.17. The smallest absolute Gasteiger partial charge is 0.323 e. The van der Waals surface area contributed by atoms with E-state index in [0.29, 0.717) is 31.2 Å². The zero-order valence-corrected chi connectivity index (χ0v) is 12.1. The molecule has 1 atom stereocenters. The number of rotatable bonds is 3. The summed E-state index contributed by atoms with van der Waals surface area (Å²) in [6.07, 6.45) is 1.97. The number of hydrogen-bond acceptors (Lipinski definition) is 4. The van der Waals surface area contributed by atoms with Crippen LogP contribution in [0.25, 0.3) is 0 Å². The van der Waals surface area contributed by atoms with Gasteiger partial charge in [-0.05, 0) is 36.3 Å². The lowest BCUT2D eigenvalue weighted by Crippen LogP contribution is -2.42. The molecule has 8 heteroatoms. The van der Waals surface area contributed by atoms with Gasteiger partial charge in [0.15, 0.2) is 5.69 Å². The summed E-state index contributed by atoms with van der Waals surface area (Å²) >= 11 is 0. The second kappa shape index (κ2) is 6.71. The molecule has 0 radical (unpaired) electrons. The van der Waals surface area contributed by atoms with Gasteiger partial charge in [-0.15, -0.1) is 12.4 Å². The van der Waals surface area contributed by atoms with E-state index >= 15 is 0 Å². The van der Waals surface area contributed by atoms with E-state index in [1.165, 1.54) is 23.7 Å². The summed E-state index contributed by atoms with van der Waals surface area (Å²) in [5.41, 5.74) is 6.00. The van der Waals surface area contributed by atoms with Crippen LogP contribution in [0.4, 0.5) is 5.82 Å². The van der Waals surface area contributed by atoms with Crippen molar-refractivity contribution in [2.45, 2.75) is 12.8 Å². The highest BCUT2D eigenvalue weighted by molar-refractivity contribution is 5.93. The van der Waals surface area contributed by atoms with Gasteiger partial charge in [-0.2, -0.15) is 0 Å². The molecule has 0 spiro atoms. The van der Waals surface area contributed by atoms with Gasteiger partial charge in [-0.25, -0.2) is 4.57 Å². The average molecular weight is 303 g/mol. The molecule has 0 aromatic carbocycles. The number of aromatic nitrogens is 1. The molecule has 2 N–H and O–H groups in total. The third-order valence-electron chi connectivity index (χ3n) is 3.64. The molecule has 1 amide bonds. The molecule has 112 valence electrons. The van der Waals surface area contributed by atoms with Crippen LogP contribution in [0.3, 0.4) is 0 Å². The van der Waals surface area contributed by atoms with Crippen LogP contribution in [0.5, 0.6) is 0 Å². The number of nitrogens with zero attached hydrogens (tertiary/aromatic N) is 3. The first-order valence-corrected chi connectivity index (χ1v) is 6.34. The monoisotopic (exact) mass is 302 g/mol. The first-order valence-electron chi connectivity index (χ1n) is 6.34. The van der Waals surface area contributed by atoms with Gasteiger partial charge in [0, 0.05) is 19.2 Å².